The van der Waals surface area contributed by atoms with Gasteiger partial charge in [-0.05, 0) is 55.5 Å². The van der Waals surface area contributed by atoms with E-state index in [0.29, 0.717) is 21.7 Å². The monoisotopic (exact) mass is 340 g/mol. The van der Waals surface area contributed by atoms with Crippen molar-refractivity contribution in [2.45, 2.75) is 25.7 Å². The van der Waals surface area contributed by atoms with Crippen LogP contribution in [0.3, 0.4) is 0 Å². The van der Waals surface area contributed by atoms with E-state index in [9.17, 15) is 9.59 Å². The fraction of sp³-hybridized carbons (Fsp3) is 0.278. The molecule has 1 heterocycles. The third-order valence-corrected chi connectivity index (χ3v) is 5.27. The number of ether oxygens (including phenoxy) is 1. The molecule has 1 aromatic carbocycles. The van der Waals surface area contributed by atoms with Crippen LogP contribution in [-0.4, -0.2) is 19.0 Å². The van der Waals surface area contributed by atoms with Crippen molar-refractivity contribution in [2.75, 3.05) is 12.4 Å². The summed E-state index contributed by atoms with van der Waals surface area (Å²) in [6, 6.07) is 8.40. The van der Waals surface area contributed by atoms with E-state index in [0.717, 1.165) is 36.1 Å². The number of fused-ring (bicyclic) bond motifs is 1. The van der Waals surface area contributed by atoms with Gasteiger partial charge in [0, 0.05) is 10.4 Å². The molecule has 122 valence electrons. The lowest BCUT2D eigenvalue weighted by molar-refractivity contribution is 0.0601. The molecule has 1 aliphatic carbocycles. The Kier molecular flexibility index (Phi) is 4.63. The normalized spacial score (nSPS) is 12.8. The summed E-state index contributed by atoms with van der Waals surface area (Å²) in [4.78, 5) is 25.8. The number of methoxy groups -OCH3 is 1. The fourth-order valence-corrected chi connectivity index (χ4v) is 4.12. The first-order valence-electron chi connectivity index (χ1n) is 7.68. The molecule has 1 aliphatic rings. The summed E-state index contributed by atoms with van der Waals surface area (Å²) in [6.07, 6.45) is 3.90. The van der Waals surface area contributed by atoms with Crippen LogP contribution in [0.15, 0.2) is 24.3 Å². The molecule has 0 saturated heterocycles. The van der Waals surface area contributed by atoms with Gasteiger partial charge >= 0.3 is 5.97 Å². The number of carbonyl (C=O) groups is 2. The van der Waals surface area contributed by atoms with E-state index < -0.39 is 5.97 Å². The molecule has 24 heavy (non-hydrogen) atoms. The third-order valence-electron chi connectivity index (χ3n) is 4.06. The van der Waals surface area contributed by atoms with E-state index in [1.54, 1.807) is 24.3 Å². The predicted octanol–water partition coefficient (Wildman–Crippen LogP) is 3.54. The SMILES string of the molecule is COC(=O)c1c(NC(=O)c2ccc(C#N)cc2)sc2c1CCCC2. The quantitative estimate of drug-likeness (QED) is 0.867. The maximum atomic E-state index is 12.5. The minimum atomic E-state index is -0.412. The fourth-order valence-electron chi connectivity index (χ4n) is 2.84. The summed E-state index contributed by atoms with van der Waals surface area (Å²) in [5.74, 6) is -0.715. The molecule has 2 aromatic rings. The van der Waals surface area contributed by atoms with Gasteiger partial charge in [0.05, 0.1) is 24.3 Å². The molecule has 0 fully saturated rings. The molecule has 0 atom stereocenters. The highest BCUT2D eigenvalue weighted by Gasteiger charge is 2.27. The maximum absolute atomic E-state index is 12.5. The minimum absolute atomic E-state index is 0.303. The average Bonchev–Trinajstić information content (AvgIpc) is 2.98. The molecular weight excluding hydrogens is 324 g/mol. The van der Waals surface area contributed by atoms with Crippen LogP contribution >= 0.6 is 11.3 Å². The molecule has 5 nitrogen and oxygen atoms in total. The summed E-state index contributed by atoms with van der Waals surface area (Å²) in [6.45, 7) is 0. The number of nitrogens with zero attached hydrogens (tertiary/aromatic N) is 1. The second-order valence-corrected chi connectivity index (χ2v) is 6.66. The van der Waals surface area contributed by atoms with Crippen LogP contribution in [0.2, 0.25) is 0 Å². The number of esters is 1. The molecule has 1 N–H and O–H groups in total. The van der Waals surface area contributed by atoms with Crippen molar-refractivity contribution < 1.29 is 14.3 Å². The standard InChI is InChI=1S/C18H16N2O3S/c1-23-18(22)15-13-4-2-3-5-14(13)24-17(15)20-16(21)12-8-6-11(10-19)7-9-12/h6-9H,2-5H2,1H3,(H,20,21). The van der Waals surface area contributed by atoms with Gasteiger partial charge in [-0.2, -0.15) is 5.26 Å². The Morgan fingerprint density at radius 1 is 1.21 bits per heavy atom. The van der Waals surface area contributed by atoms with E-state index >= 15 is 0 Å². The van der Waals surface area contributed by atoms with Crippen LogP contribution in [0.5, 0.6) is 0 Å². The summed E-state index contributed by atoms with van der Waals surface area (Å²) in [5, 5.41) is 12.2. The van der Waals surface area contributed by atoms with Crippen LogP contribution < -0.4 is 5.32 Å². The molecule has 3 rings (SSSR count). The van der Waals surface area contributed by atoms with Gasteiger partial charge in [0.15, 0.2) is 0 Å². The van der Waals surface area contributed by atoms with Crippen molar-refractivity contribution in [3.05, 3.63) is 51.4 Å². The zero-order valence-corrected chi connectivity index (χ0v) is 14.0. The molecule has 0 bridgehead atoms. The van der Waals surface area contributed by atoms with Gasteiger partial charge in [0.1, 0.15) is 5.00 Å². The molecule has 0 radical (unpaired) electrons. The predicted molar refractivity (Wildman–Crippen MR) is 91.4 cm³/mol. The zero-order valence-electron chi connectivity index (χ0n) is 13.2. The number of thiophene rings is 1. The van der Waals surface area contributed by atoms with Gasteiger partial charge in [0.2, 0.25) is 0 Å². The van der Waals surface area contributed by atoms with E-state index in [-0.39, 0.29) is 5.91 Å². The first-order chi connectivity index (χ1) is 11.6. The average molecular weight is 340 g/mol. The molecule has 0 spiro atoms. The number of benzene rings is 1. The Morgan fingerprint density at radius 3 is 2.58 bits per heavy atom. The van der Waals surface area contributed by atoms with Gasteiger partial charge in [-0.15, -0.1) is 11.3 Å². The van der Waals surface area contributed by atoms with Crippen LogP contribution in [0.25, 0.3) is 0 Å². The van der Waals surface area contributed by atoms with Gasteiger partial charge in [-0.25, -0.2) is 4.79 Å². The van der Waals surface area contributed by atoms with E-state index in [2.05, 4.69) is 5.32 Å². The smallest absolute Gasteiger partial charge is 0.341 e. The first kappa shape index (κ1) is 16.2. The van der Waals surface area contributed by atoms with Crippen LogP contribution in [0.4, 0.5) is 5.00 Å². The summed E-state index contributed by atoms with van der Waals surface area (Å²) < 4.78 is 4.90. The topological polar surface area (TPSA) is 79.2 Å². The number of nitrogens with one attached hydrogen (secondary N) is 1. The number of nitriles is 1. The van der Waals surface area contributed by atoms with Crippen molar-refractivity contribution >= 4 is 28.2 Å². The molecular formula is C18H16N2O3S. The second-order valence-electron chi connectivity index (χ2n) is 5.55. The third kappa shape index (κ3) is 3.03. The van der Waals surface area contributed by atoms with Gasteiger partial charge < -0.3 is 10.1 Å². The van der Waals surface area contributed by atoms with Crippen LogP contribution in [0, 0.1) is 11.3 Å². The Morgan fingerprint density at radius 2 is 1.92 bits per heavy atom. The highest BCUT2D eigenvalue weighted by molar-refractivity contribution is 7.17. The largest absolute Gasteiger partial charge is 0.465 e. The Balaban J connectivity index is 1.91. The lowest BCUT2D eigenvalue weighted by Gasteiger charge is -2.11. The van der Waals surface area contributed by atoms with E-state index in [4.69, 9.17) is 10.00 Å². The number of aryl methyl sites for hydroxylation is 1. The number of anilines is 1. The van der Waals surface area contributed by atoms with Crippen molar-refractivity contribution in [1.29, 1.82) is 5.26 Å². The van der Waals surface area contributed by atoms with Crippen LogP contribution in [-0.2, 0) is 17.6 Å². The van der Waals surface area contributed by atoms with Gasteiger partial charge in [0.25, 0.3) is 5.91 Å². The van der Waals surface area contributed by atoms with Crippen molar-refractivity contribution in [3.8, 4) is 6.07 Å². The molecule has 0 unspecified atom stereocenters. The lowest BCUT2D eigenvalue weighted by atomic mass is 9.95. The van der Waals surface area contributed by atoms with Crippen molar-refractivity contribution in [3.63, 3.8) is 0 Å². The summed E-state index contributed by atoms with van der Waals surface area (Å²) in [5.41, 5.74) is 2.43. The number of carbonyl (C=O) groups excluding carboxylic acids is 2. The van der Waals surface area contributed by atoms with Gasteiger partial charge in [-0.3, -0.25) is 4.79 Å². The lowest BCUT2D eigenvalue weighted by Crippen LogP contribution is -2.15. The highest BCUT2D eigenvalue weighted by Crippen LogP contribution is 2.38. The molecule has 1 amide bonds. The first-order valence-corrected chi connectivity index (χ1v) is 8.50. The zero-order chi connectivity index (χ0) is 17.1. The summed E-state index contributed by atoms with van der Waals surface area (Å²) >= 11 is 1.45. The Labute approximate surface area is 143 Å². The van der Waals surface area contributed by atoms with Crippen molar-refractivity contribution in [1.82, 2.24) is 0 Å². The number of hydrogen-bond donors (Lipinski definition) is 1. The molecule has 6 heteroatoms. The second kappa shape index (κ2) is 6.85. The molecule has 1 aromatic heterocycles. The Bertz CT molecular complexity index is 831. The highest BCUT2D eigenvalue weighted by atomic mass is 32.1. The summed E-state index contributed by atoms with van der Waals surface area (Å²) in [7, 11) is 1.35. The molecule has 0 saturated carbocycles. The van der Waals surface area contributed by atoms with Crippen molar-refractivity contribution in [2.24, 2.45) is 0 Å². The number of hydrogen-bond acceptors (Lipinski definition) is 5. The van der Waals surface area contributed by atoms with E-state index in [1.165, 1.54) is 18.4 Å². The van der Waals surface area contributed by atoms with E-state index in [1.807, 2.05) is 6.07 Å². The van der Waals surface area contributed by atoms with Gasteiger partial charge in [-0.1, -0.05) is 0 Å². The molecule has 0 aliphatic heterocycles. The Hall–Kier alpha value is -2.65. The minimum Gasteiger partial charge on any atom is -0.465 e. The van der Waals surface area contributed by atoms with Crippen LogP contribution in [0.1, 0.15) is 49.6 Å². The number of amides is 1. The maximum Gasteiger partial charge on any atom is 0.341 e. The number of rotatable bonds is 3.